The molecule has 0 unspecified atom stereocenters. The number of hydrogen-bond donors (Lipinski definition) is 2. The van der Waals surface area contributed by atoms with E-state index in [9.17, 15) is 14.4 Å². The van der Waals surface area contributed by atoms with Crippen molar-refractivity contribution in [3.8, 4) is 11.3 Å². The molecule has 3 aliphatic rings. The molecule has 1 aliphatic carbocycles. The molecule has 53 heavy (non-hydrogen) atoms. The molecule has 0 radical (unpaired) electrons. The van der Waals surface area contributed by atoms with E-state index < -0.39 is 5.60 Å². The molecule has 1 aromatic carbocycles. The predicted octanol–water partition coefficient (Wildman–Crippen LogP) is 6.15. The summed E-state index contributed by atoms with van der Waals surface area (Å²) < 4.78 is 9.45. The highest BCUT2D eigenvalue weighted by Gasteiger charge is 2.48. The number of carbonyl (C=O) groups excluding carboxylic acids is 3. The standard InChI is InChI=1S/C39H44N10O4/c1-38(2,3)53-37(52)46-18-13-39(14-19-46)21-28(22-39)49-24-27(23-43-49)36(51)47-17-6-7-29(47)34-45-31(32-33(40)42-16-20-48(32)34)25-9-11-26(12-10-25)35(50)44-30-8-4-5-15-41-30/h4-5,8-12,15-16,20,23-24,28-29H,6-7,13-14,17-19,21-22H2,1-3H3,(H2,40,42)(H,41,44,50)/t29-/m0/s1. The maximum atomic E-state index is 14.1. The summed E-state index contributed by atoms with van der Waals surface area (Å²) in [6.07, 6.45) is 13.8. The Labute approximate surface area is 307 Å². The number of benzene rings is 1. The predicted molar refractivity (Wildman–Crippen MR) is 198 cm³/mol. The van der Waals surface area contributed by atoms with Crippen LogP contribution in [-0.4, -0.2) is 82.1 Å². The summed E-state index contributed by atoms with van der Waals surface area (Å²) in [5.41, 5.74) is 9.21. The Morgan fingerprint density at radius 3 is 2.45 bits per heavy atom. The molecule has 5 aromatic rings. The number of nitrogens with one attached hydrogen (secondary N) is 1. The topological polar surface area (TPSA) is 166 Å². The summed E-state index contributed by atoms with van der Waals surface area (Å²) in [7, 11) is 0. The number of nitrogens with zero attached hydrogens (tertiary/aromatic N) is 8. The minimum Gasteiger partial charge on any atom is -0.444 e. The Kier molecular flexibility index (Phi) is 8.62. The van der Waals surface area contributed by atoms with Crippen LogP contribution >= 0.6 is 0 Å². The van der Waals surface area contributed by atoms with E-state index in [1.807, 2.05) is 70.2 Å². The van der Waals surface area contributed by atoms with Crippen LogP contribution in [0.25, 0.3) is 16.8 Å². The third-order valence-electron chi connectivity index (χ3n) is 10.8. The number of pyridine rings is 1. The lowest BCUT2D eigenvalue weighted by Gasteiger charge is -2.52. The number of carbonyl (C=O) groups is 3. The second-order valence-corrected chi connectivity index (χ2v) is 15.5. The van der Waals surface area contributed by atoms with E-state index in [1.54, 1.807) is 42.9 Å². The number of imidazole rings is 1. The average molecular weight is 717 g/mol. The molecule has 6 heterocycles. The van der Waals surface area contributed by atoms with Gasteiger partial charge in [0.15, 0.2) is 0 Å². The van der Waals surface area contributed by atoms with Gasteiger partial charge in [0.2, 0.25) is 0 Å². The fraction of sp³-hybridized carbons (Fsp3) is 0.410. The van der Waals surface area contributed by atoms with Gasteiger partial charge in [-0.15, -0.1) is 0 Å². The van der Waals surface area contributed by atoms with Crippen LogP contribution < -0.4 is 11.1 Å². The summed E-state index contributed by atoms with van der Waals surface area (Å²) in [5, 5.41) is 7.45. The van der Waals surface area contributed by atoms with Crippen LogP contribution in [0.4, 0.5) is 16.4 Å². The normalized spacial score (nSPS) is 18.7. The molecule has 2 aliphatic heterocycles. The van der Waals surface area contributed by atoms with Crippen LogP contribution in [0, 0.1) is 5.41 Å². The van der Waals surface area contributed by atoms with E-state index in [0.717, 1.165) is 44.1 Å². The molecule has 4 aromatic heterocycles. The number of hydrogen-bond acceptors (Lipinski definition) is 9. The van der Waals surface area contributed by atoms with E-state index in [-0.39, 0.29) is 35.4 Å². The summed E-state index contributed by atoms with van der Waals surface area (Å²) in [4.78, 5) is 56.8. The first-order valence-corrected chi connectivity index (χ1v) is 18.3. The highest BCUT2D eigenvalue weighted by molar-refractivity contribution is 6.04. The Morgan fingerprint density at radius 2 is 1.74 bits per heavy atom. The van der Waals surface area contributed by atoms with Gasteiger partial charge in [-0.25, -0.2) is 19.7 Å². The molecule has 1 saturated carbocycles. The third-order valence-corrected chi connectivity index (χ3v) is 10.8. The van der Waals surface area contributed by atoms with Crippen molar-refractivity contribution < 1.29 is 19.1 Å². The van der Waals surface area contributed by atoms with Crippen LogP contribution in [0.3, 0.4) is 0 Å². The lowest BCUT2D eigenvalue weighted by atomic mass is 9.60. The van der Waals surface area contributed by atoms with Gasteiger partial charge in [-0.2, -0.15) is 5.10 Å². The van der Waals surface area contributed by atoms with E-state index in [4.69, 9.17) is 15.5 Å². The highest BCUT2D eigenvalue weighted by Crippen LogP contribution is 2.54. The molecule has 14 nitrogen and oxygen atoms in total. The van der Waals surface area contributed by atoms with Crippen molar-refractivity contribution >= 4 is 35.1 Å². The van der Waals surface area contributed by atoms with Gasteiger partial charge in [0, 0.05) is 55.5 Å². The smallest absolute Gasteiger partial charge is 0.410 e. The van der Waals surface area contributed by atoms with Crippen molar-refractivity contribution in [2.24, 2.45) is 5.41 Å². The van der Waals surface area contributed by atoms with Gasteiger partial charge in [0.05, 0.1) is 23.8 Å². The molecule has 2 saturated heterocycles. The number of nitrogens with two attached hydrogens (primary N) is 1. The first-order valence-electron chi connectivity index (χ1n) is 18.3. The maximum Gasteiger partial charge on any atom is 0.410 e. The van der Waals surface area contributed by atoms with Gasteiger partial charge in [-0.3, -0.25) is 18.7 Å². The van der Waals surface area contributed by atoms with Crippen LogP contribution in [0.15, 0.2) is 73.4 Å². The quantitative estimate of drug-likeness (QED) is 0.210. The summed E-state index contributed by atoms with van der Waals surface area (Å²) in [5.74, 6) is 1.15. The van der Waals surface area contributed by atoms with Gasteiger partial charge in [0.25, 0.3) is 11.8 Å². The number of anilines is 2. The van der Waals surface area contributed by atoms with E-state index in [2.05, 4.69) is 20.4 Å². The summed E-state index contributed by atoms with van der Waals surface area (Å²) in [6, 6.07) is 12.4. The Morgan fingerprint density at radius 1 is 0.962 bits per heavy atom. The molecule has 1 spiro atoms. The number of piperidine rings is 1. The Balaban J connectivity index is 0.961. The number of ether oxygens (including phenoxy) is 1. The molecule has 3 fully saturated rings. The second-order valence-electron chi connectivity index (χ2n) is 15.5. The van der Waals surface area contributed by atoms with Crippen molar-refractivity contribution in [2.75, 3.05) is 30.7 Å². The largest absolute Gasteiger partial charge is 0.444 e. The molecule has 8 rings (SSSR count). The number of likely N-dealkylation sites (tertiary alicyclic amines) is 2. The lowest BCUT2D eigenvalue weighted by molar-refractivity contribution is -0.0258. The molecule has 14 heteroatoms. The van der Waals surface area contributed by atoms with Gasteiger partial charge in [-0.1, -0.05) is 18.2 Å². The van der Waals surface area contributed by atoms with E-state index in [1.165, 1.54) is 0 Å². The minimum atomic E-state index is -0.505. The minimum absolute atomic E-state index is 0.0814. The second kappa shape index (κ2) is 13.3. The molecular formula is C39H44N10O4. The summed E-state index contributed by atoms with van der Waals surface area (Å²) in [6.45, 7) is 7.66. The molecule has 1 atom stereocenters. The zero-order valence-electron chi connectivity index (χ0n) is 30.2. The van der Waals surface area contributed by atoms with Crippen LogP contribution in [0.1, 0.15) is 97.9 Å². The van der Waals surface area contributed by atoms with Crippen LogP contribution in [0.5, 0.6) is 0 Å². The Hall–Kier alpha value is -5.79. The number of rotatable bonds is 6. The number of nitrogen functional groups attached to an aromatic ring is 1. The SMILES string of the molecule is CC(C)(C)OC(=O)N1CCC2(CC1)CC(n1cc(C(=O)N3CCC[C@H]3c3nc(-c4ccc(C(=O)Nc5ccccn5)cc4)c4c(N)nccn34)cn1)C2. The van der Waals surface area contributed by atoms with Gasteiger partial charge in [0.1, 0.15) is 34.3 Å². The number of aromatic nitrogens is 6. The average Bonchev–Trinajstić information content (AvgIpc) is 3.90. The van der Waals surface area contributed by atoms with Crippen molar-refractivity contribution in [3.05, 3.63) is 90.4 Å². The lowest BCUT2D eigenvalue weighted by Crippen LogP contribution is -2.50. The van der Waals surface area contributed by atoms with Gasteiger partial charge < -0.3 is 25.6 Å². The summed E-state index contributed by atoms with van der Waals surface area (Å²) >= 11 is 0. The molecule has 3 amide bonds. The maximum absolute atomic E-state index is 14.1. The first-order chi connectivity index (χ1) is 25.5. The zero-order valence-corrected chi connectivity index (χ0v) is 30.2. The molecule has 274 valence electrons. The Bertz CT molecular complexity index is 2160. The fourth-order valence-electron chi connectivity index (χ4n) is 8.05. The van der Waals surface area contributed by atoms with E-state index in [0.29, 0.717) is 59.4 Å². The van der Waals surface area contributed by atoms with Crippen LogP contribution in [-0.2, 0) is 4.74 Å². The fourth-order valence-corrected chi connectivity index (χ4v) is 8.05. The highest BCUT2D eigenvalue weighted by atomic mass is 16.6. The van der Waals surface area contributed by atoms with Crippen molar-refractivity contribution in [3.63, 3.8) is 0 Å². The van der Waals surface area contributed by atoms with Gasteiger partial charge >= 0.3 is 6.09 Å². The number of amides is 3. The molecule has 3 N–H and O–H groups in total. The third kappa shape index (κ3) is 6.69. The number of fused-ring (bicyclic) bond motifs is 1. The van der Waals surface area contributed by atoms with Crippen LogP contribution in [0.2, 0.25) is 0 Å². The molecular weight excluding hydrogens is 672 g/mol. The first kappa shape index (κ1) is 34.3. The van der Waals surface area contributed by atoms with Gasteiger partial charge in [-0.05, 0) is 89.0 Å². The van der Waals surface area contributed by atoms with Crippen molar-refractivity contribution in [1.29, 1.82) is 0 Å². The monoisotopic (exact) mass is 716 g/mol. The molecule has 0 bridgehead atoms. The van der Waals surface area contributed by atoms with Crippen molar-refractivity contribution in [2.45, 2.75) is 77.0 Å². The van der Waals surface area contributed by atoms with E-state index >= 15 is 0 Å². The van der Waals surface area contributed by atoms with Crippen molar-refractivity contribution in [1.82, 2.24) is 38.9 Å². The zero-order chi connectivity index (χ0) is 36.9.